The third-order valence-corrected chi connectivity index (χ3v) is 3.97. The van der Waals surface area contributed by atoms with Crippen molar-refractivity contribution < 1.29 is 14.0 Å². The molecule has 0 radical (unpaired) electrons. The first-order valence-corrected chi connectivity index (χ1v) is 7.80. The topological polar surface area (TPSA) is 87.5 Å². The lowest BCUT2D eigenvalue weighted by atomic mass is 9.98. The maximum Gasteiger partial charge on any atom is 0.312 e. The van der Waals surface area contributed by atoms with Crippen LogP contribution in [0.25, 0.3) is 0 Å². The van der Waals surface area contributed by atoms with E-state index in [1.54, 1.807) is 18.2 Å². The summed E-state index contributed by atoms with van der Waals surface area (Å²) >= 11 is 0. The number of urea groups is 1. The molecule has 1 heterocycles. The number of carbonyl (C=O) groups is 2. The Labute approximate surface area is 135 Å². The molecule has 1 fully saturated rings. The molecule has 1 atom stereocenters. The first kappa shape index (κ1) is 17.2. The minimum Gasteiger partial charge on any atom is -0.352 e. The van der Waals surface area contributed by atoms with Crippen molar-refractivity contribution in [1.29, 1.82) is 0 Å². The molecule has 1 aromatic carbocycles. The number of hydrogen-bond donors (Lipinski definition) is 3. The summed E-state index contributed by atoms with van der Waals surface area (Å²) in [6.07, 6.45) is 1.99. The largest absolute Gasteiger partial charge is 0.352 e. The zero-order chi connectivity index (χ0) is 16.7. The van der Waals surface area contributed by atoms with Gasteiger partial charge in [0.05, 0.1) is 6.54 Å². The molecule has 2 rings (SSSR count). The van der Waals surface area contributed by atoms with Gasteiger partial charge in [-0.1, -0.05) is 18.2 Å². The Morgan fingerprint density at radius 3 is 2.83 bits per heavy atom. The van der Waals surface area contributed by atoms with Gasteiger partial charge < -0.3 is 16.4 Å². The van der Waals surface area contributed by atoms with Crippen LogP contribution in [0.3, 0.4) is 0 Å². The van der Waals surface area contributed by atoms with Gasteiger partial charge in [0, 0.05) is 25.2 Å². The summed E-state index contributed by atoms with van der Waals surface area (Å²) in [4.78, 5) is 24.8. The maximum atomic E-state index is 13.5. The molecule has 0 bridgehead atoms. The van der Waals surface area contributed by atoms with Crippen LogP contribution in [-0.4, -0.2) is 43.0 Å². The van der Waals surface area contributed by atoms with E-state index < -0.39 is 6.03 Å². The summed E-state index contributed by atoms with van der Waals surface area (Å²) in [5.74, 6) is -0.143. The SMILES string of the molecule is NC(=O)NC[C@H]1CCCN(CC(=O)NCc2ccccc2F)C1. The number of halogens is 1. The van der Waals surface area contributed by atoms with E-state index in [1.807, 2.05) is 4.90 Å². The highest BCUT2D eigenvalue weighted by atomic mass is 19.1. The molecule has 1 aliphatic heterocycles. The number of hydrogen-bond acceptors (Lipinski definition) is 3. The van der Waals surface area contributed by atoms with Crippen molar-refractivity contribution in [2.45, 2.75) is 19.4 Å². The minimum atomic E-state index is -0.523. The molecule has 0 saturated carbocycles. The number of benzene rings is 1. The number of carbonyl (C=O) groups excluding carboxylic acids is 2. The van der Waals surface area contributed by atoms with Gasteiger partial charge in [0.15, 0.2) is 0 Å². The van der Waals surface area contributed by atoms with Crippen LogP contribution in [0, 0.1) is 11.7 Å². The molecule has 126 valence electrons. The predicted molar refractivity (Wildman–Crippen MR) is 85.0 cm³/mol. The van der Waals surface area contributed by atoms with Gasteiger partial charge in [-0.15, -0.1) is 0 Å². The highest BCUT2D eigenvalue weighted by molar-refractivity contribution is 5.78. The maximum absolute atomic E-state index is 13.5. The molecule has 6 nitrogen and oxygen atoms in total. The number of nitrogens with zero attached hydrogens (tertiary/aromatic N) is 1. The van der Waals surface area contributed by atoms with E-state index in [-0.39, 0.29) is 24.8 Å². The summed E-state index contributed by atoms with van der Waals surface area (Å²) in [5, 5.41) is 5.35. The summed E-state index contributed by atoms with van der Waals surface area (Å²) in [6.45, 7) is 2.59. The molecule has 1 aromatic rings. The molecule has 23 heavy (non-hydrogen) atoms. The van der Waals surface area contributed by atoms with E-state index in [4.69, 9.17) is 5.73 Å². The number of nitrogens with two attached hydrogens (primary N) is 1. The van der Waals surface area contributed by atoms with Gasteiger partial charge in [0.2, 0.25) is 5.91 Å². The lowest BCUT2D eigenvalue weighted by Gasteiger charge is -2.32. The number of likely N-dealkylation sites (tertiary alicyclic amines) is 1. The van der Waals surface area contributed by atoms with Crippen LogP contribution < -0.4 is 16.4 Å². The fourth-order valence-electron chi connectivity index (χ4n) is 2.80. The van der Waals surface area contributed by atoms with Crippen LogP contribution in [0.5, 0.6) is 0 Å². The number of primary amides is 1. The van der Waals surface area contributed by atoms with Gasteiger partial charge in [-0.3, -0.25) is 9.69 Å². The number of nitrogens with one attached hydrogen (secondary N) is 2. The molecule has 0 unspecified atom stereocenters. The Morgan fingerprint density at radius 1 is 1.30 bits per heavy atom. The van der Waals surface area contributed by atoms with E-state index in [1.165, 1.54) is 6.07 Å². The Balaban J connectivity index is 1.74. The second-order valence-corrected chi connectivity index (χ2v) is 5.86. The van der Waals surface area contributed by atoms with E-state index in [0.717, 1.165) is 25.9 Å². The molecular weight excluding hydrogens is 299 g/mol. The summed E-state index contributed by atoms with van der Waals surface area (Å²) in [6, 6.07) is 5.87. The van der Waals surface area contributed by atoms with Crippen LogP contribution in [-0.2, 0) is 11.3 Å². The highest BCUT2D eigenvalue weighted by Gasteiger charge is 2.21. The summed E-state index contributed by atoms with van der Waals surface area (Å²) < 4.78 is 13.5. The molecule has 0 aliphatic carbocycles. The fourth-order valence-corrected chi connectivity index (χ4v) is 2.80. The molecule has 0 spiro atoms. The van der Waals surface area contributed by atoms with E-state index in [2.05, 4.69) is 10.6 Å². The Hall–Kier alpha value is -2.15. The second-order valence-electron chi connectivity index (χ2n) is 5.86. The molecule has 3 amide bonds. The van der Waals surface area contributed by atoms with Crippen molar-refractivity contribution in [3.05, 3.63) is 35.6 Å². The van der Waals surface area contributed by atoms with Gasteiger partial charge in [-0.2, -0.15) is 0 Å². The molecule has 1 saturated heterocycles. The van der Waals surface area contributed by atoms with Crippen molar-refractivity contribution in [3.8, 4) is 0 Å². The van der Waals surface area contributed by atoms with E-state index in [9.17, 15) is 14.0 Å². The Bertz CT molecular complexity index is 553. The zero-order valence-corrected chi connectivity index (χ0v) is 13.1. The molecule has 1 aliphatic rings. The Kier molecular flexibility index (Phi) is 6.34. The van der Waals surface area contributed by atoms with Crippen LogP contribution in [0.15, 0.2) is 24.3 Å². The first-order valence-electron chi connectivity index (χ1n) is 7.80. The minimum absolute atomic E-state index is 0.128. The third kappa shape index (κ3) is 5.86. The lowest BCUT2D eigenvalue weighted by molar-refractivity contribution is -0.122. The molecule has 4 N–H and O–H groups in total. The smallest absolute Gasteiger partial charge is 0.312 e. The van der Waals surface area contributed by atoms with Gasteiger partial charge in [-0.25, -0.2) is 9.18 Å². The lowest BCUT2D eigenvalue weighted by Crippen LogP contribution is -2.45. The van der Waals surface area contributed by atoms with Gasteiger partial charge >= 0.3 is 6.03 Å². The average molecular weight is 322 g/mol. The van der Waals surface area contributed by atoms with Crippen molar-refractivity contribution in [2.75, 3.05) is 26.2 Å². The van der Waals surface area contributed by atoms with Crippen molar-refractivity contribution in [3.63, 3.8) is 0 Å². The number of piperidine rings is 1. The van der Waals surface area contributed by atoms with Crippen molar-refractivity contribution in [2.24, 2.45) is 11.7 Å². The highest BCUT2D eigenvalue weighted by Crippen LogP contribution is 2.15. The van der Waals surface area contributed by atoms with E-state index in [0.29, 0.717) is 18.0 Å². The molecule has 0 aromatic heterocycles. The number of amides is 3. The van der Waals surface area contributed by atoms with Crippen molar-refractivity contribution in [1.82, 2.24) is 15.5 Å². The van der Waals surface area contributed by atoms with Crippen molar-refractivity contribution >= 4 is 11.9 Å². The fraction of sp³-hybridized carbons (Fsp3) is 0.500. The standard InChI is InChI=1S/C16H23FN4O2/c17-14-6-2-1-5-13(14)9-19-15(22)11-21-7-3-4-12(10-21)8-20-16(18)23/h1-2,5-6,12H,3-4,7-11H2,(H,19,22)(H3,18,20,23)/t12-/m1/s1. The van der Waals surface area contributed by atoms with Crippen LogP contribution in [0.4, 0.5) is 9.18 Å². The first-order chi connectivity index (χ1) is 11.0. The number of rotatable bonds is 6. The normalized spacial score (nSPS) is 18.4. The van der Waals surface area contributed by atoms with E-state index >= 15 is 0 Å². The monoisotopic (exact) mass is 322 g/mol. The summed E-state index contributed by atoms with van der Waals surface area (Å²) in [5.41, 5.74) is 5.55. The quantitative estimate of drug-likeness (QED) is 0.725. The summed E-state index contributed by atoms with van der Waals surface area (Å²) in [7, 11) is 0. The van der Waals surface area contributed by atoms with Crippen LogP contribution in [0.2, 0.25) is 0 Å². The van der Waals surface area contributed by atoms with Gasteiger partial charge in [-0.05, 0) is 31.4 Å². The predicted octanol–water partition coefficient (Wildman–Crippen LogP) is 0.822. The van der Waals surface area contributed by atoms with Gasteiger partial charge in [0.25, 0.3) is 0 Å². The van der Waals surface area contributed by atoms with Crippen LogP contribution in [0.1, 0.15) is 18.4 Å². The Morgan fingerprint density at radius 2 is 2.09 bits per heavy atom. The van der Waals surface area contributed by atoms with Crippen LogP contribution >= 0.6 is 0 Å². The average Bonchev–Trinajstić information content (AvgIpc) is 2.52. The second kappa shape index (κ2) is 8.47. The zero-order valence-electron chi connectivity index (χ0n) is 13.1. The third-order valence-electron chi connectivity index (χ3n) is 3.97. The molecule has 7 heteroatoms. The van der Waals surface area contributed by atoms with Gasteiger partial charge in [0.1, 0.15) is 5.82 Å². The molecular formula is C16H23FN4O2.